The molecule has 5 nitrogen and oxygen atoms in total. The van der Waals surface area contributed by atoms with E-state index in [1.807, 2.05) is 6.07 Å². The van der Waals surface area contributed by atoms with Crippen molar-refractivity contribution in [2.75, 3.05) is 26.3 Å². The van der Waals surface area contributed by atoms with E-state index in [1.165, 1.54) is 24.0 Å². The molecule has 1 aliphatic carbocycles. The lowest BCUT2D eigenvalue weighted by Crippen LogP contribution is -2.50. The fourth-order valence-electron chi connectivity index (χ4n) is 3.49. The van der Waals surface area contributed by atoms with Gasteiger partial charge in [0, 0.05) is 13.1 Å². The Bertz CT molecular complexity index is 609. The summed E-state index contributed by atoms with van der Waals surface area (Å²) in [5.41, 5.74) is 3.82. The van der Waals surface area contributed by atoms with E-state index in [-0.39, 0.29) is 11.8 Å². The third-order valence-corrected chi connectivity index (χ3v) is 4.85. The van der Waals surface area contributed by atoms with Crippen LogP contribution < -0.4 is 5.32 Å². The van der Waals surface area contributed by atoms with E-state index in [0.29, 0.717) is 32.7 Å². The molecule has 130 valence electrons. The summed E-state index contributed by atoms with van der Waals surface area (Å²) < 4.78 is 5.25. The molecule has 0 bridgehead atoms. The Morgan fingerprint density at radius 1 is 1.17 bits per heavy atom. The lowest BCUT2D eigenvalue weighted by molar-refractivity contribution is -0.139. The number of hydrogen-bond acceptors (Lipinski definition) is 3. The highest BCUT2D eigenvalue weighted by Gasteiger charge is 2.23. The minimum absolute atomic E-state index is 0.0305. The minimum Gasteiger partial charge on any atom is -0.378 e. The maximum Gasteiger partial charge on any atom is 0.245 e. The van der Waals surface area contributed by atoms with Crippen LogP contribution in [0.15, 0.2) is 18.2 Å². The quantitative estimate of drug-likeness (QED) is 0.909. The lowest BCUT2D eigenvalue weighted by Gasteiger charge is -2.29. The molecular weight excluding hydrogens is 304 g/mol. The van der Waals surface area contributed by atoms with Crippen molar-refractivity contribution >= 4 is 11.8 Å². The van der Waals surface area contributed by atoms with Gasteiger partial charge in [-0.05, 0) is 49.3 Å². The van der Waals surface area contributed by atoms with E-state index in [1.54, 1.807) is 11.8 Å². The molecule has 1 saturated heterocycles. The Labute approximate surface area is 143 Å². The second kappa shape index (κ2) is 7.79. The Kier molecular flexibility index (Phi) is 5.51. The zero-order chi connectivity index (χ0) is 16.9. The lowest BCUT2D eigenvalue weighted by atomic mass is 9.90. The fourth-order valence-corrected chi connectivity index (χ4v) is 3.49. The molecule has 1 aliphatic heterocycles. The number of morpholine rings is 1. The molecule has 1 N–H and O–H groups in total. The molecular formula is C19H26N2O3. The van der Waals surface area contributed by atoms with Crippen molar-refractivity contribution in [2.24, 2.45) is 0 Å². The van der Waals surface area contributed by atoms with E-state index < -0.39 is 6.04 Å². The van der Waals surface area contributed by atoms with E-state index in [4.69, 9.17) is 4.74 Å². The molecule has 1 unspecified atom stereocenters. The molecule has 24 heavy (non-hydrogen) atoms. The number of nitrogens with one attached hydrogen (secondary N) is 1. The number of benzene rings is 1. The van der Waals surface area contributed by atoms with Crippen LogP contribution in [0.3, 0.4) is 0 Å². The van der Waals surface area contributed by atoms with Crippen molar-refractivity contribution in [1.29, 1.82) is 0 Å². The second-order valence-electron chi connectivity index (χ2n) is 6.71. The molecule has 3 rings (SSSR count). The summed E-state index contributed by atoms with van der Waals surface area (Å²) in [6.07, 6.45) is 5.07. The minimum atomic E-state index is -0.492. The van der Waals surface area contributed by atoms with Crippen molar-refractivity contribution in [3.8, 4) is 0 Å². The van der Waals surface area contributed by atoms with E-state index in [0.717, 1.165) is 18.4 Å². The Balaban J connectivity index is 1.54. The van der Waals surface area contributed by atoms with Gasteiger partial charge in [0.05, 0.1) is 19.6 Å². The average molecular weight is 330 g/mol. The number of amides is 2. The normalized spacial score (nSPS) is 18.6. The Morgan fingerprint density at radius 2 is 1.88 bits per heavy atom. The third-order valence-electron chi connectivity index (χ3n) is 4.85. The van der Waals surface area contributed by atoms with Crippen molar-refractivity contribution in [3.05, 3.63) is 34.9 Å². The van der Waals surface area contributed by atoms with Crippen molar-refractivity contribution in [1.82, 2.24) is 10.2 Å². The molecule has 0 spiro atoms. The first kappa shape index (κ1) is 17.0. The molecule has 0 saturated carbocycles. The molecule has 1 atom stereocenters. The molecule has 5 heteroatoms. The van der Waals surface area contributed by atoms with Gasteiger partial charge in [0.15, 0.2) is 0 Å². The first-order valence-corrected chi connectivity index (χ1v) is 8.90. The summed E-state index contributed by atoms with van der Waals surface area (Å²) in [5, 5.41) is 2.83. The van der Waals surface area contributed by atoms with Crippen LogP contribution in [0.1, 0.15) is 36.5 Å². The van der Waals surface area contributed by atoms with Crippen LogP contribution in [0.4, 0.5) is 0 Å². The zero-order valence-corrected chi connectivity index (χ0v) is 14.3. The third kappa shape index (κ3) is 4.15. The van der Waals surface area contributed by atoms with Crippen LogP contribution in [-0.4, -0.2) is 49.1 Å². The largest absolute Gasteiger partial charge is 0.378 e. The fraction of sp³-hybridized carbons (Fsp3) is 0.579. The van der Waals surface area contributed by atoms with Gasteiger partial charge in [-0.25, -0.2) is 0 Å². The number of hydrogen-bond donors (Lipinski definition) is 1. The standard InChI is InChI=1S/C19H26N2O3/c1-14(19(23)21-8-10-24-11-9-21)20-18(22)13-15-6-7-16-4-2-3-5-17(16)12-15/h6-7,12,14H,2-5,8-11,13H2,1H3,(H,20,22). The van der Waals surface area contributed by atoms with Crippen LogP contribution in [0.2, 0.25) is 0 Å². The summed E-state index contributed by atoms with van der Waals surface area (Å²) in [4.78, 5) is 26.4. The molecule has 1 aromatic rings. The highest BCUT2D eigenvalue weighted by atomic mass is 16.5. The van der Waals surface area contributed by atoms with Gasteiger partial charge in [-0.15, -0.1) is 0 Å². The van der Waals surface area contributed by atoms with E-state index in [9.17, 15) is 9.59 Å². The van der Waals surface area contributed by atoms with Crippen LogP contribution in [0.5, 0.6) is 0 Å². The molecule has 1 fully saturated rings. The second-order valence-corrected chi connectivity index (χ2v) is 6.71. The summed E-state index contributed by atoms with van der Waals surface area (Å²) in [5.74, 6) is -0.128. The predicted octanol–water partition coefficient (Wildman–Crippen LogP) is 1.47. The summed E-state index contributed by atoms with van der Waals surface area (Å²) in [6, 6.07) is 5.85. The molecule has 1 aromatic carbocycles. The molecule has 0 aromatic heterocycles. The van der Waals surface area contributed by atoms with Crippen LogP contribution in [0, 0.1) is 0 Å². The predicted molar refractivity (Wildman–Crippen MR) is 91.8 cm³/mol. The van der Waals surface area contributed by atoms with E-state index in [2.05, 4.69) is 17.4 Å². The van der Waals surface area contributed by atoms with Crippen LogP contribution >= 0.6 is 0 Å². The van der Waals surface area contributed by atoms with Crippen molar-refractivity contribution in [2.45, 2.75) is 45.1 Å². The highest BCUT2D eigenvalue weighted by Crippen LogP contribution is 2.22. The number of aryl methyl sites for hydroxylation is 2. The highest BCUT2D eigenvalue weighted by molar-refractivity contribution is 5.88. The SMILES string of the molecule is CC(NC(=O)Cc1ccc2c(c1)CCCC2)C(=O)N1CCOCC1. The maximum absolute atomic E-state index is 12.3. The topological polar surface area (TPSA) is 58.6 Å². The smallest absolute Gasteiger partial charge is 0.245 e. The van der Waals surface area contributed by atoms with Crippen molar-refractivity contribution < 1.29 is 14.3 Å². The van der Waals surface area contributed by atoms with Crippen LogP contribution in [0.25, 0.3) is 0 Å². The van der Waals surface area contributed by atoms with Gasteiger partial charge in [-0.1, -0.05) is 18.2 Å². The van der Waals surface area contributed by atoms with Gasteiger partial charge in [0.2, 0.25) is 11.8 Å². The first-order valence-electron chi connectivity index (χ1n) is 8.90. The summed E-state index contributed by atoms with van der Waals surface area (Å²) >= 11 is 0. The number of nitrogens with zero attached hydrogens (tertiary/aromatic N) is 1. The molecule has 0 radical (unpaired) electrons. The van der Waals surface area contributed by atoms with Gasteiger partial charge >= 0.3 is 0 Å². The maximum atomic E-state index is 12.3. The Morgan fingerprint density at radius 3 is 2.62 bits per heavy atom. The molecule has 2 amide bonds. The van der Waals surface area contributed by atoms with Crippen molar-refractivity contribution in [3.63, 3.8) is 0 Å². The Hall–Kier alpha value is -1.88. The molecule has 2 aliphatic rings. The monoisotopic (exact) mass is 330 g/mol. The van der Waals surface area contributed by atoms with Gasteiger partial charge in [0.1, 0.15) is 6.04 Å². The van der Waals surface area contributed by atoms with Gasteiger partial charge in [0.25, 0.3) is 0 Å². The number of rotatable bonds is 4. The van der Waals surface area contributed by atoms with Gasteiger partial charge in [-0.2, -0.15) is 0 Å². The zero-order valence-electron chi connectivity index (χ0n) is 14.3. The van der Waals surface area contributed by atoms with E-state index >= 15 is 0 Å². The van der Waals surface area contributed by atoms with Gasteiger partial charge < -0.3 is 15.0 Å². The van der Waals surface area contributed by atoms with Crippen LogP contribution in [-0.2, 0) is 33.6 Å². The number of carbonyl (C=O) groups is 2. The van der Waals surface area contributed by atoms with Gasteiger partial charge in [-0.3, -0.25) is 9.59 Å². The molecule has 1 heterocycles. The summed E-state index contributed by atoms with van der Waals surface area (Å²) in [7, 11) is 0. The first-order chi connectivity index (χ1) is 11.6. The summed E-state index contributed by atoms with van der Waals surface area (Å²) in [6.45, 7) is 4.10. The number of fused-ring (bicyclic) bond motifs is 1. The number of carbonyl (C=O) groups excluding carboxylic acids is 2. The average Bonchev–Trinajstić information content (AvgIpc) is 2.61. The number of ether oxygens (including phenoxy) is 1.